The average molecular weight is 774 g/mol. The Morgan fingerprint density at radius 1 is 0.310 bits per heavy atom. The van der Waals surface area contributed by atoms with E-state index in [4.69, 9.17) is 0 Å². The first-order valence-electron chi connectivity index (χ1n) is 19.8. The van der Waals surface area contributed by atoms with Crippen LogP contribution in [0.1, 0.15) is 22.3 Å². The minimum atomic E-state index is -0.442. The zero-order valence-electron chi connectivity index (χ0n) is 31.5. The van der Waals surface area contributed by atoms with Crippen LogP contribution in [0.2, 0.25) is 0 Å². The molecule has 0 amide bonds. The summed E-state index contributed by atoms with van der Waals surface area (Å²) in [6.45, 7) is 0. The van der Waals surface area contributed by atoms with Crippen molar-refractivity contribution < 1.29 is 0 Å². The van der Waals surface area contributed by atoms with Crippen LogP contribution in [-0.2, 0) is 5.41 Å². The second-order valence-corrected chi connectivity index (χ2v) is 17.4. The van der Waals surface area contributed by atoms with E-state index in [2.05, 4.69) is 217 Å². The van der Waals surface area contributed by atoms with Crippen LogP contribution in [0.25, 0.3) is 62.6 Å². The molecule has 0 saturated heterocycles. The highest BCUT2D eigenvalue weighted by Crippen LogP contribution is 2.57. The van der Waals surface area contributed by atoms with Crippen LogP contribution >= 0.6 is 22.7 Å². The molecule has 0 bridgehead atoms. The average Bonchev–Trinajstić information content (AvgIpc) is 3.95. The molecule has 2 heterocycles. The molecule has 12 rings (SSSR count). The van der Waals surface area contributed by atoms with Gasteiger partial charge in [0.15, 0.2) is 0 Å². The van der Waals surface area contributed by atoms with Gasteiger partial charge in [-0.25, -0.2) is 0 Å². The molecular weight excluding hydrogens is 739 g/mol. The first-order valence-corrected chi connectivity index (χ1v) is 21.5. The van der Waals surface area contributed by atoms with Crippen LogP contribution in [0.15, 0.2) is 212 Å². The monoisotopic (exact) mass is 773 g/mol. The largest absolute Gasteiger partial charge is 0.310 e. The van der Waals surface area contributed by atoms with E-state index in [1.54, 1.807) is 0 Å². The van der Waals surface area contributed by atoms with Gasteiger partial charge in [-0.1, -0.05) is 146 Å². The Labute approximate surface area is 345 Å². The molecule has 0 spiro atoms. The summed E-state index contributed by atoms with van der Waals surface area (Å²) in [7, 11) is 0. The smallest absolute Gasteiger partial charge is 0.0713 e. The third-order valence-corrected chi connectivity index (χ3v) is 14.5. The number of rotatable bonds is 6. The van der Waals surface area contributed by atoms with E-state index < -0.39 is 5.41 Å². The predicted octanol–water partition coefficient (Wildman–Crippen LogP) is 15.9. The van der Waals surface area contributed by atoms with E-state index in [1.807, 2.05) is 22.7 Å². The maximum Gasteiger partial charge on any atom is 0.0713 e. The van der Waals surface area contributed by atoms with Crippen LogP contribution in [0, 0.1) is 0 Å². The van der Waals surface area contributed by atoms with Crippen LogP contribution in [0.4, 0.5) is 17.1 Å². The molecule has 0 radical (unpaired) electrons. The Bertz CT molecular complexity index is 3300. The lowest BCUT2D eigenvalue weighted by Crippen LogP contribution is -2.28. The van der Waals surface area contributed by atoms with Crippen molar-refractivity contribution in [3.63, 3.8) is 0 Å². The Morgan fingerprint density at radius 2 is 0.793 bits per heavy atom. The van der Waals surface area contributed by atoms with E-state index in [0.29, 0.717) is 0 Å². The Balaban J connectivity index is 1.05. The number of benzene rings is 9. The molecule has 2 aromatic heterocycles. The van der Waals surface area contributed by atoms with Crippen molar-refractivity contribution in [2.75, 3.05) is 4.90 Å². The lowest BCUT2D eigenvalue weighted by Gasteiger charge is -2.34. The molecular formula is C55H35NS2. The van der Waals surface area contributed by atoms with E-state index in [1.165, 1.54) is 84.9 Å². The number of anilines is 3. The second kappa shape index (κ2) is 13.1. The molecule has 0 unspecified atom stereocenters. The SMILES string of the molecule is c1ccc(C2(c3ccccc3)c3ccccc3-c3cc(N(c4ccc(-c5ccc6sc7ccccc7c6c5)cc4)c4ccc5sc6ccccc6c5c4)ccc32)cc1. The third-order valence-electron chi connectivity index (χ3n) is 12.2. The number of fused-ring (bicyclic) bond motifs is 9. The summed E-state index contributed by atoms with van der Waals surface area (Å²) in [5.74, 6) is 0. The fourth-order valence-corrected chi connectivity index (χ4v) is 11.8. The summed E-state index contributed by atoms with van der Waals surface area (Å²) in [4.78, 5) is 2.44. The molecule has 0 aliphatic heterocycles. The van der Waals surface area contributed by atoms with Crippen molar-refractivity contribution in [1.82, 2.24) is 0 Å². The Hall–Kier alpha value is -6.78. The quantitative estimate of drug-likeness (QED) is 0.163. The van der Waals surface area contributed by atoms with E-state index in [-0.39, 0.29) is 0 Å². The van der Waals surface area contributed by atoms with Gasteiger partial charge in [-0.15, -0.1) is 22.7 Å². The van der Waals surface area contributed by atoms with Gasteiger partial charge in [0.05, 0.1) is 5.41 Å². The van der Waals surface area contributed by atoms with E-state index in [9.17, 15) is 0 Å². The molecule has 0 fully saturated rings. The summed E-state index contributed by atoms with van der Waals surface area (Å²) >= 11 is 3.73. The van der Waals surface area contributed by atoms with Crippen molar-refractivity contribution in [1.29, 1.82) is 0 Å². The third kappa shape index (κ3) is 5.00. The van der Waals surface area contributed by atoms with Crippen molar-refractivity contribution >= 4 is 80.1 Å². The first kappa shape index (κ1) is 33.4. The van der Waals surface area contributed by atoms with Gasteiger partial charge in [-0.05, 0) is 111 Å². The molecule has 11 aromatic rings. The lowest BCUT2D eigenvalue weighted by atomic mass is 9.68. The van der Waals surface area contributed by atoms with Crippen molar-refractivity contribution in [2.24, 2.45) is 0 Å². The molecule has 0 N–H and O–H groups in total. The minimum absolute atomic E-state index is 0.442. The Morgan fingerprint density at radius 3 is 1.48 bits per heavy atom. The summed E-state index contributed by atoms with van der Waals surface area (Å²) in [6, 6.07) is 78.8. The molecule has 1 aliphatic rings. The van der Waals surface area contributed by atoms with Gasteiger partial charge >= 0.3 is 0 Å². The van der Waals surface area contributed by atoms with Crippen molar-refractivity contribution in [3.8, 4) is 22.3 Å². The maximum atomic E-state index is 2.44. The normalized spacial score (nSPS) is 13.0. The highest BCUT2D eigenvalue weighted by atomic mass is 32.1. The van der Waals surface area contributed by atoms with Gasteiger partial charge in [-0.2, -0.15) is 0 Å². The number of nitrogens with zero attached hydrogens (tertiary/aromatic N) is 1. The number of thiophene rings is 2. The highest BCUT2D eigenvalue weighted by Gasteiger charge is 2.46. The predicted molar refractivity (Wildman–Crippen MR) is 250 cm³/mol. The van der Waals surface area contributed by atoms with E-state index >= 15 is 0 Å². The van der Waals surface area contributed by atoms with Gasteiger partial charge < -0.3 is 4.90 Å². The second-order valence-electron chi connectivity index (χ2n) is 15.2. The van der Waals surface area contributed by atoms with Gasteiger partial charge in [-0.3, -0.25) is 0 Å². The molecule has 1 aliphatic carbocycles. The van der Waals surface area contributed by atoms with E-state index in [0.717, 1.165) is 17.1 Å². The molecule has 0 saturated carbocycles. The standard InChI is InChI=1S/C55H35NS2/c1-3-13-38(14-4-1)55(39-15-5-2-6-16-39)49-20-10-7-17-43(49)46-34-41(28-30-50(46)55)56(42-29-32-54-48(35-42)45-19-9-12-22-52(45)58-54)40-26-23-36(24-27-40)37-25-31-53-47(33-37)44-18-8-11-21-51(44)57-53/h1-35H. The highest BCUT2D eigenvalue weighted by molar-refractivity contribution is 7.26. The summed E-state index contributed by atoms with van der Waals surface area (Å²) in [5.41, 5.74) is 13.1. The van der Waals surface area contributed by atoms with Crippen LogP contribution in [0.5, 0.6) is 0 Å². The molecule has 0 atom stereocenters. The number of hydrogen-bond donors (Lipinski definition) is 0. The van der Waals surface area contributed by atoms with Crippen LogP contribution in [0.3, 0.4) is 0 Å². The molecule has 272 valence electrons. The van der Waals surface area contributed by atoms with Crippen LogP contribution < -0.4 is 4.90 Å². The summed E-state index contributed by atoms with van der Waals surface area (Å²) in [5, 5.41) is 5.23. The van der Waals surface area contributed by atoms with Crippen molar-refractivity contribution in [2.45, 2.75) is 5.41 Å². The summed E-state index contributed by atoms with van der Waals surface area (Å²) < 4.78 is 5.27. The molecule has 3 heteroatoms. The molecule has 58 heavy (non-hydrogen) atoms. The first-order chi connectivity index (χ1) is 28.7. The van der Waals surface area contributed by atoms with Gasteiger partial charge in [0.1, 0.15) is 0 Å². The number of hydrogen-bond acceptors (Lipinski definition) is 3. The van der Waals surface area contributed by atoms with Gasteiger partial charge in [0, 0.05) is 57.4 Å². The lowest BCUT2D eigenvalue weighted by molar-refractivity contribution is 0.768. The minimum Gasteiger partial charge on any atom is -0.310 e. The van der Waals surface area contributed by atoms with Crippen molar-refractivity contribution in [3.05, 3.63) is 235 Å². The zero-order chi connectivity index (χ0) is 38.2. The molecule has 1 nitrogen and oxygen atoms in total. The Kier molecular flexibility index (Phi) is 7.56. The maximum absolute atomic E-state index is 2.44. The van der Waals surface area contributed by atoms with Gasteiger partial charge in [0.2, 0.25) is 0 Å². The fraction of sp³-hybridized carbons (Fsp3) is 0.0182. The zero-order valence-corrected chi connectivity index (χ0v) is 33.1. The van der Waals surface area contributed by atoms with Gasteiger partial charge in [0.25, 0.3) is 0 Å². The van der Waals surface area contributed by atoms with Crippen LogP contribution in [-0.4, -0.2) is 0 Å². The summed E-state index contributed by atoms with van der Waals surface area (Å²) in [6.07, 6.45) is 0. The fourth-order valence-electron chi connectivity index (χ4n) is 9.59. The topological polar surface area (TPSA) is 3.24 Å². The molecule has 9 aromatic carbocycles.